The molecule has 11 rings (SSSR count). The van der Waals surface area contributed by atoms with Gasteiger partial charge in [-0.2, -0.15) is 0 Å². The van der Waals surface area contributed by atoms with Crippen LogP contribution in [0.2, 0.25) is 0 Å². The topological polar surface area (TPSA) is 897 Å². The van der Waals surface area contributed by atoms with E-state index >= 15 is 0 Å². The molecule has 0 spiro atoms. The molecule has 0 aromatic carbocycles. The molecule has 11 heterocycles. The van der Waals surface area contributed by atoms with Crippen LogP contribution in [-0.4, -0.2) is 569 Å². The van der Waals surface area contributed by atoms with Gasteiger partial charge in [0, 0.05) is 27.7 Å². The minimum atomic E-state index is -2.64. The zero-order chi connectivity index (χ0) is 96.2. The lowest BCUT2D eigenvalue weighted by Crippen LogP contribution is -2.71. The standard InChI is InChI=1S/C73H122N4O54/c1-16-35(90)46(101)52(107)67(114-16)112-15-30-58(42(97)31(63(110)115-30)74-17(2)85)124-64-32(75-18(3)86)45(100)57(28(12-84)120-64)127-73-62(131-68-51(106)36(91)21(89)13-111-68)59(128-72-61(50(105)40(95)25(9-81)119-72)130-66-34(77-20(5)88)44(99)56(27(11-83)122-66)126-70-54(109)48(103)38(93)23(7-79)117-70)41(96)29(123-73)14-113-71-60(49(104)39(94)24(8-80)118-71)129-65-33(76-19(4)87)43(98)55(26(10-82)121-65)125-69-53(108)47(102)37(92)22(6-78)116-69/h16,21-73,78-84,89-110H,6-15H2,1-5H3,(H,74,85)(H,75,86)(H,76,87)(H,77,88)/t16-,21+,22+,23+,24+,25+,26+,27+,28+,29+,30+,31+,32+,33+,34+,35+,36-,37-,38-,39+,40+,41+,42+,43+,44+,45+,46+,47-,48-,49-,50-,51+,52-,53+,54+,55+,56+,57+,58+,59-,60-,61-,62-,63+,64-,65-,66-,67+,68?,69-,70-,71+,72-,73-/m0/s1. The zero-order valence-corrected chi connectivity index (χ0v) is 70.4. The van der Waals surface area contributed by atoms with E-state index < -0.39 is 421 Å². The first-order chi connectivity index (χ1) is 62.0. The highest BCUT2D eigenvalue weighted by Crippen LogP contribution is 2.42. The quantitative estimate of drug-likeness (QED) is 0.0290. The van der Waals surface area contributed by atoms with Gasteiger partial charge in [0.2, 0.25) is 23.6 Å². The monoisotopic (exact) mass is 1920 g/mol. The fraction of sp³-hybridized carbons (Fsp3) is 0.945. The number of aliphatic hydroxyl groups excluding tert-OH is 29. The Morgan fingerprint density at radius 3 is 0.962 bits per heavy atom. The van der Waals surface area contributed by atoms with Crippen LogP contribution in [0, 0.1) is 0 Å². The van der Waals surface area contributed by atoms with Gasteiger partial charge >= 0.3 is 0 Å². The maximum absolute atomic E-state index is 13.5. The average Bonchev–Trinajstić information content (AvgIpc) is 1.35. The van der Waals surface area contributed by atoms with Crippen molar-refractivity contribution in [1.29, 1.82) is 0 Å². The lowest BCUT2D eigenvalue weighted by molar-refractivity contribution is -0.412. The third-order valence-electron chi connectivity index (χ3n) is 24.1. The Hall–Kier alpha value is -4.12. The van der Waals surface area contributed by atoms with Crippen LogP contribution in [0.1, 0.15) is 34.6 Å². The summed E-state index contributed by atoms with van der Waals surface area (Å²) >= 11 is 0. The van der Waals surface area contributed by atoms with Crippen LogP contribution in [0.3, 0.4) is 0 Å². The number of amides is 4. The van der Waals surface area contributed by atoms with Crippen LogP contribution in [0.15, 0.2) is 0 Å². The van der Waals surface area contributed by atoms with Crippen molar-refractivity contribution in [3.05, 3.63) is 0 Å². The predicted octanol–water partition coefficient (Wildman–Crippen LogP) is -22.7. The highest BCUT2D eigenvalue weighted by atomic mass is 16.8. The second-order valence-corrected chi connectivity index (χ2v) is 33.4. The number of hydrogen-bond acceptors (Lipinski definition) is 54. The largest absolute Gasteiger partial charge is 0.394 e. The Labute approximate surface area is 741 Å². The van der Waals surface area contributed by atoms with Crippen LogP contribution < -0.4 is 21.3 Å². The second-order valence-electron chi connectivity index (χ2n) is 33.4. The molecule has 58 heteroatoms. The molecule has 58 nitrogen and oxygen atoms in total. The fourth-order valence-corrected chi connectivity index (χ4v) is 17.0. The number of carbonyl (C=O) groups excluding carboxylic acids is 4. The SMILES string of the molecule is CC(=O)N[C@@H]1[C@@H](O)[C@H](O[C@@H]2O[C@H](CO)[C@@H](O[C@@H]3O[C@H](CO[C@@H]4O[C@H](CO)[C@@H](O)[C@H](O)[C@@H]4O[C@@H]4O[C@H](CO)[C@@H](O[C@@H]5O[C@H](CO)[C@H](O)[C@H](O)[C@H]5O)[C@H](O)[C@H]4NC(C)=O)[C@@H](O)[C@H](O[C@@H]4O[C@H](CO)[C@@H](O)[C@H](O)[C@@H]4O[C@@H]4O[C@H](CO)[C@@H](O[C@@H]5O[C@H](CO)[C@H](O)[C@H](O)[C@H]5O)[C@H](O)[C@H]4NC(C)=O)[C@@H]3OC3OC[C@@H](O)[C@H](O)[C@H]3O)[C@H](O)[C@H]2NC(C)=O)[C@@H](CO[C@@H]2O[C@@H](C)[C@@H](O)[C@@H](O)[C@@H]2O)O[C@H]1O. The normalized spacial score (nSPS) is 50.1. The summed E-state index contributed by atoms with van der Waals surface area (Å²) in [6, 6.07) is -7.95. The summed E-state index contributed by atoms with van der Waals surface area (Å²) in [6.45, 7) is -6.31. The first-order valence-corrected chi connectivity index (χ1v) is 41.9. The van der Waals surface area contributed by atoms with E-state index in [1.54, 1.807) is 0 Å². The van der Waals surface area contributed by atoms with Crippen molar-refractivity contribution in [3.63, 3.8) is 0 Å². The van der Waals surface area contributed by atoms with Crippen molar-refractivity contribution in [3.8, 4) is 0 Å². The summed E-state index contributed by atoms with van der Waals surface area (Å²) in [7, 11) is 0. The van der Waals surface area contributed by atoms with Gasteiger partial charge in [-0.05, 0) is 6.92 Å². The number of ether oxygens (including phenoxy) is 21. The van der Waals surface area contributed by atoms with Crippen LogP contribution >= 0.6 is 0 Å². The smallest absolute Gasteiger partial charge is 0.217 e. The summed E-state index contributed by atoms with van der Waals surface area (Å²) < 4.78 is 127. The second kappa shape index (κ2) is 46.8. The van der Waals surface area contributed by atoms with Crippen molar-refractivity contribution in [2.45, 2.75) is 366 Å². The Morgan fingerprint density at radius 1 is 0.244 bits per heavy atom. The Morgan fingerprint density at radius 2 is 0.534 bits per heavy atom. The van der Waals surface area contributed by atoms with Gasteiger partial charge < -0.3 is 269 Å². The highest BCUT2D eigenvalue weighted by Gasteiger charge is 2.63. The van der Waals surface area contributed by atoms with Gasteiger partial charge in [0.1, 0.15) is 256 Å². The molecule has 11 aliphatic rings. The molecule has 758 valence electrons. The molecule has 54 atom stereocenters. The molecule has 0 saturated carbocycles. The maximum atomic E-state index is 13.5. The first-order valence-electron chi connectivity index (χ1n) is 41.9. The predicted molar refractivity (Wildman–Crippen MR) is 401 cm³/mol. The molecule has 131 heavy (non-hydrogen) atoms. The molecule has 0 aliphatic carbocycles. The number of carbonyl (C=O) groups is 4. The zero-order valence-electron chi connectivity index (χ0n) is 70.4. The fourth-order valence-electron chi connectivity index (χ4n) is 17.0. The van der Waals surface area contributed by atoms with Gasteiger partial charge in [0.05, 0.1) is 72.2 Å². The molecular weight excluding hydrogens is 1800 g/mol. The molecule has 4 amide bonds. The number of hydrogen-bond donors (Lipinski definition) is 33. The highest BCUT2D eigenvalue weighted by molar-refractivity contribution is 5.74. The van der Waals surface area contributed by atoms with Gasteiger partial charge in [-0.1, -0.05) is 0 Å². The minimum absolute atomic E-state index is 0.875. The van der Waals surface area contributed by atoms with E-state index in [0.717, 1.165) is 27.7 Å². The van der Waals surface area contributed by atoms with E-state index in [-0.39, 0.29) is 0 Å². The maximum Gasteiger partial charge on any atom is 0.217 e. The average molecular weight is 1920 g/mol. The Balaban J connectivity index is 0.983. The van der Waals surface area contributed by atoms with Gasteiger partial charge in [-0.25, -0.2) is 0 Å². The van der Waals surface area contributed by atoms with Gasteiger partial charge in [-0.3, -0.25) is 19.2 Å². The van der Waals surface area contributed by atoms with E-state index in [0.29, 0.717) is 0 Å². The Kier molecular flexibility index (Phi) is 38.3. The molecule has 0 aromatic rings. The first kappa shape index (κ1) is 107. The van der Waals surface area contributed by atoms with Crippen molar-refractivity contribution in [2.24, 2.45) is 0 Å². The molecule has 33 N–H and O–H groups in total. The minimum Gasteiger partial charge on any atom is -0.394 e. The lowest BCUT2D eigenvalue weighted by Gasteiger charge is -2.52. The number of nitrogens with one attached hydrogen (secondary N) is 4. The van der Waals surface area contributed by atoms with Crippen molar-refractivity contribution < 1.29 is 267 Å². The molecule has 0 aromatic heterocycles. The van der Waals surface area contributed by atoms with Crippen LogP contribution in [0.25, 0.3) is 0 Å². The van der Waals surface area contributed by atoms with E-state index in [1.807, 2.05) is 0 Å². The summed E-state index contributed by atoms with van der Waals surface area (Å²) in [5, 5.41) is 335. The van der Waals surface area contributed by atoms with Crippen LogP contribution in [-0.2, 0) is 119 Å². The third kappa shape index (κ3) is 23.8. The van der Waals surface area contributed by atoms with Gasteiger partial charge in [-0.15, -0.1) is 0 Å². The number of rotatable bonds is 33. The summed E-state index contributed by atoms with van der Waals surface area (Å²) in [5.41, 5.74) is 0. The molecule has 1 unspecified atom stereocenters. The molecule has 11 fully saturated rings. The van der Waals surface area contributed by atoms with Crippen molar-refractivity contribution in [2.75, 3.05) is 66.1 Å². The van der Waals surface area contributed by atoms with Crippen LogP contribution in [0.4, 0.5) is 0 Å². The third-order valence-corrected chi connectivity index (χ3v) is 24.1. The van der Waals surface area contributed by atoms with Crippen molar-refractivity contribution >= 4 is 23.6 Å². The van der Waals surface area contributed by atoms with E-state index in [4.69, 9.17) is 99.5 Å². The molecule has 0 bridgehead atoms. The Bertz CT molecular complexity index is 3570. The van der Waals surface area contributed by atoms with Crippen molar-refractivity contribution in [1.82, 2.24) is 21.3 Å². The van der Waals surface area contributed by atoms with E-state index in [1.165, 1.54) is 6.92 Å². The van der Waals surface area contributed by atoms with Gasteiger partial charge in [0.15, 0.2) is 69.2 Å². The summed E-state index contributed by atoms with van der Waals surface area (Å²) in [4.78, 5) is 52.3. The van der Waals surface area contributed by atoms with Gasteiger partial charge in [0.25, 0.3) is 0 Å². The molecular formula is C73H122N4O54. The summed E-state index contributed by atoms with van der Waals surface area (Å²) in [6.07, 6.45) is -107. The molecule has 11 saturated heterocycles. The van der Waals surface area contributed by atoms with Crippen LogP contribution in [0.5, 0.6) is 0 Å². The van der Waals surface area contributed by atoms with E-state index in [2.05, 4.69) is 21.3 Å². The molecule has 0 radical (unpaired) electrons. The van der Waals surface area contributed by atoms with E-state index in [9.17, 15) is 167 Å². The number of aliphatic hydroxyl groups is 29. The molecule has 11 aliphatic heterocycles. The summed E-state index contributed by atoms with van der Waals surface area (Å²) in [5.74, 6) is -3.91. The lowest BCUT2D eigenvalue weighted by atomic mass is 9.93.